The Morgan fingerprint density at radius 2 is 1.90 bits per heavy atom. The van der Waals surface area contributed by atoms with Gasteiger partial charge in [0, 0.05) is 17.2 Å². The molecule has 0 saturated heterocycles. The van der Waals surface area contributed by atoms with Crippen molar-refractivity contribution in [2.75, 3.05) is 7.11 Å². The summed E-state index contributed by atoms with van der Waals surface area (Å²) < 4.78 is 4.94. The number of ether oxygens (including phenoxy) is 1. The van der Waals surface area contributed by atoms with Crippen LogP contribution in [0.5, 0.6) is 0 Å². The molecule has 1 aromatic rings. The van der Waals surface area contributed by atoms with Crippen LogP contribution in [-0.4, -0.2) is 18.7 Å². The monoisotopic (exact) mass is 272 g/mol. The van der Waals surface area contributed by atoms with E-state index in [1.807, 2.05) is 12.1 Å². The van der Waals surface area contributed by atoms with Crippen molar-refractivity contribution < 1.29 is 14.3 Å². The molecule has 0 heterocycles. The highest BCUT2D eigenvalue weighted by Crippen LogP contribution is 2.23. The van der Waals surface area contributed by atoms with Gasteiger partial charge in [-0.3, -0.25) is 9.59 Å². The van der Waals surface area contributed by atoms with Gasteiger partial charge in [-0.05, 0) is 36.5 Å². The van der Waals surface area contributed by atoms with Gasteiger partial charge in [-0.15, -0.1) is 0 Å². The molecule has 0 atom stereocenters. The van der Waals surface area contributed by atoms with E-state index in [4.69, 9.17) is 4.74 Å². The molecule has 1 aliphatic carbocycles. The minimum absolute atomic E-state index is 0.120. The predicted octanol–water partition coefficient (Wildman–Crippen LogP) is 3.57. The van der Waals surface area contributed by atoms with Gasteiger partial charge in [0.25, 0.3) is 0 Å². The van der Waals surface area contributed by atoms with Crippen molar-refractivity contribution in [3.05, 3.63) is 46.7 Å². The summed E-state index contributed by atoms with van der Waals surface area (Å²) in [6, 6.07) is 5.52. The molecule has 0 N–H and O–H groups in total. The van der Waals surface area contributed by atoms with Crippen molar-refractivity contribution >= 4 is 11.6 Å². The third-order valence-electron chi connectivity index (χ3n) is 3.55. The van der Waals surface area contributed by atoms with Crippen LogP contribution in [-0.2, 0) is 11.2 Å². The van der Waals surface area contributed by atoms with Crippen LogP contribution >= 0.6 is 0 Å². The zero-order chi connectivity index (χ0) is 14.7. The maximum atomic E-state index is 12.1. The number of fused-ring (bicyclic) bond motifs is 1. The highest BCUT2D eigenvalue weighted by molar-refractivity contribution is 6.23. The number of carbonyl (C=O) groups is 2. The van der Waals surface area contributed by atoms with Crippen LogP contribution < -0.4 is 0 Å². The summed E-state index contributed by atoms with van der Waals surface area (Å²) in [6.07, 6.45) is 4.48. The van der Waals surface area contributed by atoms with Gasteiger partial charge in [0.15, 0.2) is 11.5 Å². The first-order chi connectivity index (χ1) is 9.52. The largest absolute Gasteiger partial charge is 0.492 e. The van der Waals surface area contributed by atoms with Crippen LogP contribution in [0, 0.1) is 5.92 Å². The fourth-order valence-electron chi connectivity index (χ4n) is 2.41. The molecule has 0 aromatic heterocycles. The molecule has 0 radical (unpaired) electrons. The summed E-state index contributed by atoms with van der Waals surface area (Å²) in [5.74, 6) is 0.441. The summed E-state index contributed by atoms with van der Waals surface area (Å²) >= 11 is 0. The van der Waals surface area contributed by atoms with E-state index in [2.05, 4.69) is 13.8 Å². The average Bonchev–Trinajstić information content (AvgIpc) is 2.42. The number of methoxy groups -OCH3 is 1. The second-order valence-corrected chi connectivity index (χ2v) is 5.57. The average molecular weight is 272 g/mol. The van der Waals surface area contributed by atoms with Gasteiger partial charge in [0.1, 0.15) is 0 Å². The Morgan fingerprint density at radius 1 is 1.15 bits per heavy atom. The Hall–Kier alpha value is -1.90. The number of ketones is 2. The summed E-state index contributed by atoms with van der Waals surface area (Å²) in [7, 11) is 1.41. The summed E-state index contributed by atoms with van der Waals surface area (Å²) in [5.41, 5.74) is 2.06. The molecule has 0 spiro atoms. The lowest BCUT2D eigenvalue weighted by molar-refractivity contribution is 0.0916. The molecule has 0 aliphatic heterocycles. The van der Waals surface area contributed by atoms with Crippen LogP contribution in [0.4, 0.5) is 0 Å². The standard InChI is InChI=1S/C17H20O3/c1-11(2)5-4-6-12-7-8-13-14(9-12)15(18)10-16(20-3)17(13)19/h7-11H,4-6H2,1-3H3. The Kier molecular flexibility index (Phi) is 4.38. The van der Waals surface area contributed by atoms with Crippen molar-refractivity contribution in [1.82, 2.24) is 0 Å². The minimum atomic E-state index is -0.212. The maximum absolute atomic E-state index is 12.1. The molecular formula is C17H20O3. The van der Waals surface area contributed by atoms with E-state index in [0.29, 0.717) is 17.0 Å². The topological polar surface area (TPSA) is 43.4 Å². The number of allylic oxidation sites excluding steroid dienone is 2. The Morgan fingerprint density at radius 3 is 2.55 bits per heavy atom. The van der Waals surface area contributed by atoms with E-state index < -0.39 is 0 Å². The Labute approximate surface area is 119 Å². The zero-order valence-electron chi connectivity index (χ0n) is 12.2. The molecule has 0 fully saturated rings. The van der Waals surface area contributed by atoms with Crippen LogP contribution in [0.25, 0.3) is 0 Å². The van der Waals surface area contributed by atoms with Gasteiger partial charge in [-0.25, -0.2) is 0 Å². The van der Waals surface area contributed by atoms with Crippen LogP contribution in [0.15, 0.2) is 30.0 Å². The predicted molar refractivity (Wildman–Crippen MR) is 78.0 cm³/mol. The number of carbonyl (C=O) groups excluding carboxylic acids is 2. The van der Waals surface area contributed by atoms with Crippen molar-refractivity contribution in [3.63, 3.8) is 0 Å². The fraction of sp³-hybridized carbons (Fsp3) is 0.412. The van der Waals surface area contributed by atoms with E-state index in [9.17, 15) is 9.59 Å². The number of Topliss-reactive ketones (excluding diaryl/α,β-unsaturated/α-hetero) is 1. The molecule has 106 valence electrons. The van der Waals surface area contributed by atoms with Crippen molar-refractivity contribution in [2.24, 2.45) is 5.92 Å². The van der Waals surface area contributed by atoms with Crippen LogP contribution in [0.3, 0.4) is 0 Å². The molecule has 2 rings (SSSR count). The lowest BCUT2D eigenvalue weighted by Gasteiger charge is -2.15. The summed E-state index contributed by atoms with van der Waals surface area (Å²) in [4.78, 5) is 24.1. The van der Waals surface area contributed by atoms with E-state index in [-0.39, 0.29) is 17.3 Å². The smallest absolute Gasteiger partial charge is 0.228 e. The number of rotatable bonds is 5. The summed E-state index contributed by atoms with van der Waals surface area (Å²) in [6.45, 7) is 4.40. The van der Waals surface area contributed by atoms with E-state index >= 15 is 0 Å². The number of hydrogen-bond donors (Lipinski definition) is 0. The molecular weight excluding hydrogens is 252 g/mol. The molecule has 0 bridgehead atoms. The number of benzene rings is 1. The normalized spacial score (nSPS) is 14.3. The molecule has 3 nitrogen and oxygen atoms in total. The molecule has 0 amide bonds. The SMILES string of the molecule is COC1=CC(=O)c2cc(CCCC(C)C)ccc2C1=O. The summed E-state index contributed by atoms with van der Waals surface area (Å²) in [5, 5.41) is 0. The molecule has 1 aromatic carbocycles. The van der Waals surface area contributed by atoms with Gasteiger partial charge < -0.3 is 4.74 Å². The van der Waals surface area contributed by atoms with E-state index in [1.54, 1.807) is 6.07 Å². The van der Waals surface area contributed by atoms with Gasteiger partial charge >= 0.3 is 0 Å². The lowest BCUT2D eigenvalue weighted by atomic mass is 9.90. The number of aryl methyl sites for hydroxylation is 1. The molecule has 1 aliphatic rings. The first-order valence-corrected chi connectivity index (χ1v) is 7.00. The molecule has 0 saturated carbocycles. The van der Waals surface area contributed by atoms with Crippen molar-refractivity contribution in [2.45, 2.75) is 33.1 Å². The van der Waals surface area contributed by atoms with Gasteiger partial charge in [-0.1, -0.05) is 26.3 Å². The van der Waals surface area contributed by atoms with Gasteiger partial charge in [0.05, 0.1) is 7.11 Å². The molecule has 3 heteroatoms. The van der Waals surface area contributed by atoms with E-state index in [1.165, 1.54) is 13.2 Å². The van der Waals surface area contributed by atoms with Gasteiger partial charge in [-0.2, -0.15) is 0 Å². The Balaban J connectivity index is 2.20. The molecule has 0 unspecified atom stereocenters. The second-order valence-electron chi connectivity index (χ2n) is 5.57. The minimum Gasteiger partial charge on any atom is -0.492 e. The fourth-order valence-corrected chi connectivity index (χ4v) is 2.41. The Bertz CT molecular complexity index is 568. The maximum Gasteiger partial charge on any atom is 0.228 e. The highest BCUT2D eigenvalue weighted by atomic mass is 16.5. The van der Waals surface area contributed by atoms with Gasteiger partial charge in [0.2, 0.25) is 5.78 Å². The van der Waals surface area contributed by atoms with E-state index in [0.717, 1.165) is 24.8 Å². The highest BCUT2D eigenvalue weighted by Gasteiger charge is 2.26. The van der Waals surface area contributed by atoms with Crippen molar-refractivity contribution in [1.29, 1.82) is 0 Å². The van der Waals surface area contributed by atoms with Crippen LogP contribution in [0.2, 0.25) is 0 Å². The first kappa shape index (κ1) is 14.5. The second kappa shape index (κ2) is 6.04. The van der Waals surface area contributed by atoms with Crippen molar-refractivity contribution in [3.8, 4) is 0 Å². The zero-order valence-corrected chi connectivity index (χ0v) is 12.2. The lowest BCUT2D eigenvalue weighted by Crippen LogP contribution is -2.18. The molecule has 20 heavy (non-hydrogen) atoms. The quantitative estimate of drug-likeness (QED) is 0.823. The third kappa shape index (κ3) is 2.98. The first-order valence-electron chi connectivity index (χ1n) is 7.00. The number of hydrogen-bond acceptors (Lipinski definition) is 3. The third-order valence-corrected chi connectivity index (χ3v) is 3.55. The van der Waals surface area contributed by atoms with Crippen LogP contribution in [0.1, 0.15) is 53.0 Å².